The van der Waals surface area contributed by atoms with E-state index in [1.807, 2.05) is 6.07 Å². The van der Waals surface area contributed by atoms with Crippen molar-refractivity contribution in [3.8, 4) is 0 Å². The van der Waals surface area contributed by atoms with Crippen LogP contribution in [0.15, 0.2) is 77.8 Å². The van der Waals surface area contributed by atoms with Crippen molar-refractivity contribution in [1.29, 1.82) is 0 Å². The monoisotopic (exact) mass is 381 g/mol. The van der Waals surface area contributed by atoms with E-state index in [1.54, 1.807) is 42.6 Å². The van der Waals surface area contributed by atoms with Gasteiger partial charge in [-0.2, -0.15) is 0 Å². The first kappa shape index (κ1) is 18.6. The van der Waals surface area contributed by atoms with Crippen LogP contribution in [0.2, 0.25) is 0 Å². The molecule has 0 spiro atoms. The number of hydrogen-bond acceptors (Lipinski definition) is 4. The Morgan fingerprint density at radius 1 is 0.963 bits per heavy atom. The Balaban J connectivity index is 1.56. The summed E-state index contributed by atoms with van der Waals surface area (Å²) in [4.78, 5) is 29.1. The lowest BCUT2D eigenvalue weighted by Gasteiger charge is -2.08. The van der Waals surface area contributed by atoms with E-state index in [1.165, 1.54) is 36.0 Å². The van der Waals surface area contributed by atoms with Crippen LogP contribution in [0.1, 0.15) is 10.4 Å². The minimum absolute atomic E-state index is 0.167. The van der Waals surface area contributed by atoms with Crippen molar-refractivity contribution < 1.29 is 14.0 Å². The number of halogens is 1. The molecule has 0 saturated carbocycles. The molecule has 1 heterocycles. The number of nitrogens with zero attached hydrogens (tertiary/aromatic N) is 1. The summed E-state index contributed by atoms with van der Waals surface area (Å²) in [5, 5.41) is 5.47. The van der Waals surface area contributed by atoms with Gasteiger partial charge < -0.3 is 10.6 Å². The van der Waals surface area contributed by atoms with Crippen molar-refractivity contribution in [3.63, 3.8) is 0 Å². The van der Waals surface area contributed by atoms with Gasteiger partial charge in [0, 0.05) is 22.3 Å². The van der Waals surface area contributed by atoms with Crippen LogP contribution in [-0.4, -0.2) is 22.6 Å². The predicted octanol–water partition coefficient (Wildman–Crippen LogP) is 4.20. The molecule has 1 aromatic heterocycles. The summed E-state index contributed by atoms with van der Waals surface area (Å²) in [7, 11) is 0. The molecule has 0 unspecified atom stereocenters. The zero-order valence-electron chi connectivity index (χ0n) is 14.2. The molecule has 0 fully saturated rings. The molecular formula is C20H16FN3O2S. The van der Waals surface area contributed by atoms with E-state index in [9.17, 15) is 14.0 Å². The van der Waals surface area contributed by atoms with Gasteiger partial charge in [-0.25, -0.2) is 9.37 Å². The van der Waals surface area contributed by atoms with E-state index in [-0.39, 0.29) is 17.6 Å². The van der Waals surface area contributed by atoms with Crippen LogP contribution in [0.25, 0.3) is 0 Å². The van der Waals surface area contributed by atoms with Gasteiger partial charge in [-0.1, -0.05) is 12.1 Å². The molecule has 0 aliphatic carbocycles. The van der Waals surface area contributed by atoms with Crippen molar-refractivity contribution >= 4 is 35.1 Å². The second-order valence-electron chi connectivity index (χ2n) is 5.54. The van der Waals surface area contributed by atoms with Gasteiger partial charge in [0.25, 0.3) is 5.91 Å². The zero-order valence-corrected chi connectivity index (χ0v) is 15.0. The SMILES string of the molecule is O=C(CSc1cccc(NC(=O)c2ccc(F)cc2)c1)Nc1ccccn1. The van der Waals surface area contributed by atoms with Gasteiger partial charge in [0.15, 0.2) is 0 Å². The van der Waals surface area contributed by atoms with E-state index in [0.29, 0.717) is 17.1 Å². The standard InChI is InChI=1S/C20H16FN3O2S/c21-15-9-7-14(8-10-15)20(26)23-16-4-3-5-17(12-16)27-13-19(25)24-18-6-1-2-11-22-18/h1-12H,13H2,(H,23,26)(H,22,24,25). The summed E-state index contributed by atoms with van der Waals surface area (Å²) in [6.45, 7) is 0. The molecule has 0 aliphatic rings. The van der Waals surface area contributed by atoms with Crippen LogP contribution in [-0.2, 0) is 4.79 Å². The lowest BCUT2D eigenvalue weighted by molar-refractivity contribution is -0.113. The topological polar surface area (TPSA) is 71.1 Å². The fourth-order valence-corrected chi connectivity index (χ4v) is 2.99. The quantitative estimate of drug-likeness (QED) is 0.628. The van der Waals surface area contributed by atoms with E-state index in [2.05, 4.69) is 15.6 Å². The van der Waals surface area contributed by atoms with Gasteiger partial charge in [-0.15, -0.1) is 11.8 Å². The maximum atomic E-state index is 12.9. The Kier molecular flexibility index (Phi) is 6.17. The number of hydrogen-bond donors (Lipinski definition) is 2. The van der Waals surface area contributed by atoms with Gasteiger partial charge in [0.2, 0.25) is 5.91 Å². The maximum absolute atomic E-state index is 12.9. The van der Waals surface area contributed by atoms with Crippen molar-refractivity contribution in [2.45, 2.75) is 4.90 Å². The van der Waals surface area contributed by atoms with Gasteiger partial charge in [-0.3, -0.25) is 9.59 Å². The summed E-state index contributed by atoms with van der Waals surface area (Å²) >= 11 is 1.35. The van der Waals surface area contributed by atoms with Crippen LogP contribution in [0.3, 0.4) is 0 Å². The number of aromatic nitrogens is 1. The van der Waals surface area contributed by atoms with Gasteiger partial charge in [0.1, 0.15) is 11.6 Å². The fraction of sp³-hybridized carbons (Fsp3) is 0.0500. The third-order valence-corrected chi connectivity index (χ3v) is 4.49. The lowest BCUT2D eigenvalue weighted by Crippen LogP contribution is -2.14. The second-order valence-corrected chi connectivity index (χ2v) is 6.59. The van der Waals surface area contributed by atoms with E-state index >= 15 is 0 Å². The highest BCUT2D eigenvalue weighted by Crippen LogP contribution is 2.22. The molecule has 27 heavy (non-hydrogen) atoms. The summed E-state index contributed by atoms with van der Waals surface area (Å²) in [5.41, 5.74) is 0.962. The van der Waals surface area contributed by atoms with Crippen molar-refractivity contribution in [3.05, 3.63) is 84.3 Å². The van der Waals surface area contributed by atoms with Crippen LogP contribution in [0.4, 0.5) is 15.9 Å². The number of thioether (sulfide) groups is 1. The zero-order chi connectivity index (χ0) is 19.1. The van der Waals surface area contributed by atoms with E-state index in [0.717, 1.165) is 4.90 Å². The number of rotatable bonds is 6. The first-order chi connectivity index (χ1) is 13.1. The van der Waals surface area contributed by atoms with Gasteiger partial charge >= 0.3 is 0 Å². The number of carbonyl (C=O) groups is 2. The minimum Gasteiger partial charge on any atom is -0.322 e. The van der Waals surface area contributed by atoms with Crippen molar-refractivity contribution in [2.24, 2.45) is 0 Å². The number of amides is 2. The third kappa shape index (κ3) is 5.65. The summed E-state index contributed by atoms with van der Waals surface area (Å²) in [6, 6.07) is 17.8. The average molecular weight is 381 g/mol. The molecule has 0 radical (unpaired) electrons. The highest BCUT2D eigenvalue weighted by atomic mass is 32.2. The second kappa shape index (κ2) is 8.95. The molecule has 0 bridgehead atoms. The lowest BCUT2D eigenvalue weighted by atomic mass is 10.2. The molecule has 7 heteroatoms. The molecule has 5 nitrogen and oxygen atoms in total. The van der Waals surface area contributed by atoms with Crippen LogP contribution >= 0.6 is 11.8 Å². The van der Waals surface area contributed by atoms with Gasteiger partial charge in [-0.05, 0) is 54.6 Å². The minimum atomic E-state index is -0.395. The Morgan fingerprint density at radius 2 is 1.78 bits per heavy atom. The normalized spacial score (nSPS) is 10.3. The predicted molar refractivity (Wildman–Crippen MR) is 104 cm³/mol. The average Bonchev–Trinajstić information content (AvgIpc) is 2.68. The Hall–Kier alpha value is -3.19. The number of anilines is 2. The van der Waals surface area contributed by atoms with Crippen molar-refractivity contribution in [1.82, 2.24) is 4.98 Å². The smallest absolute Gasteiger partial charge is 0.255 e. The van der Waals surface area contributed by atoms with E-state index < -0.39 is 5.82 Å². The Labute approximate surface area is 160 Å². The Bertz CT molecular complexity index is 933. The highest BCUT2D eigenvalue weighted by Gasteiger charge is 2.08. The number of benzene rings is 2. The molecular weight excluding hydrogens is 365 g/mol. The molecule has 2 N–H and O–H groups in total. The Morgan fingerprint density at radius 3 is 2.52 bits per heavy atom. The first-order valence-electron chi connectivity index (χ1n) is 8.11. The molecule has 3 rings (SSSR count). The van der Waals surface area contributed by atoms with Crippen molar-refractivity contribution in [2.75, 3.05) is 16.4 Å². The molecule has 0 atom stereocenters. The fourth-order valence-electron chi connectivity index (χ4n) is 2.23. The largest absolute Gasteiger partial charge is 0.322 e. The number of nitrogens with one attached hydrogen (secondary N) is 2. The maximum Gasteiger partial charge on any atom is 0.255 e. The molecule has 3 aromatic rings. The number of pyridine rings is 1. The molecule has 136 valence electrons. The molecule has 2 amide bonds. The van der Waals surface area contributed by atoms with Crippen LogP contribution < -0.4 is 10.6 Å². The molecule has 0 saturated heterocycles. The van der Waals surface area contributed by atoms with Crippen LogP contribution in [0, 0.1) is 5.82 Å². The highest BCUT2D eigenvalue weighted by molar-refractivity contribution is 8.00. The third-order valence-electron chi connectivity index (χ3n) is 3.50. The summed E-state index contributed by atoms with van der Waals surface area (Å²) < 4.78 is 12.9. The summed E-state index contributed by atoms with van der Waals surface area (Å²) in [6.07, 6.45) is 1.61. The molecule has 2 aromatic carbocycles. The van der Waals surface area contributed by atoms with Crippen LogP contribution in [0.5, 0.6) is 0 Å². The van der Waals surface area contributed by atoms with E-state index in [4.69, 9.17) is 0 Å². The number of carbonyl (C=O) groups excluding carboxylic acids is 2. The van der Waals surface area contributed by atoms with Gasteiger partial charge in [0.05, 0.1) is 5.75 Å². The molecule has 0 aliphatic heterocycles. The summed E-state index contributed by atoms with van der Waals surface area (Å²) in [5.74, 6) is -0.173. The first-order valence-corrected chi connectivity index (χ1v) is 9.09.